The van der Waals surface area contributed by atoms with Gasteiger partial charge in [-0.05, 0) is 56.8 Å². The number of alkyl halides is 3. The van der Waals surface area contributed by atoms with Gasteiger partial charge in [0.05, 0.1) is 18.5 Å². The number of rotatable bonds is 9. The smallest absolute Gasteiger partial charge is 0.462 e. The van der Waals surface area contributed by atoms with Crippen LogP contribution in [0.15, 0.2) is 54.6 Å². The monoisotopic (exact) mass is 728 g/mol. The zero-order valence-electron chi connectivity index (χ0n) is 27.1. The molecule has 2 aromatic heterocycles. The summed E-state index contributed by atoms with van der Waals surface area (Å²) in [5, 5.41) is 9.86. The molecule has 51 heavy (non-hydrogen) atoms. The van der Waals surface area contributed by atoms with Crippen LogP contribution in [-0.4, -0.2) is 93.9 Å². The maximum atomic E-state index is 16.6. The van der Waals surface area contributed by atoms with Gasteiger partial charge in [-0.3, -0.25) is 4.79 Å². The van der Waals surface area contributed by atoms with Crippen molar-refractivity contribution in [1.82, 2.24) is 29.7 Å². The van der Waals surface area contributed by atoms with Crippen LogP contribution < -0.4 is 14.4 Å². The molecular formula is C34H30ClF5N8O3. The lowest BCUT2D eigenvalue weighted by Crippen LogP contribution is -2.55. The molecule has 17 heteroatoms. The van der Waals surface area contributed by atoms with Crippen LogP contribution >= 0.6 is 11.6 Å². The van der Waals surface area contributed by atoms with Crippen molar-refractivity contribution < 1.29 is 36.2 Å². The van der Waals surface area contributed by atoms with E-state index in [4.69, 9.17) is 16.3 Å². The van der Waals surface area contributed by atoms with Gasteiger partial charge in [-0.1, -0.05) is 17.7 Å². The lowest BCUT2D eigenvalue weighted by atomic mass is 10.0. The Bertz CT molecular complexity index is 2000. The van der Waals surface area contributed by atoms with Gasteiger partial charge in [0.2, 0.25) is 0 Å². The Morgan fingerprint density at radius 1 is 1.10 bits per heavy atom. The maximum absolute atomic E-state index is 16.6. The number of likely N-dealkylation sites (N-methyl/N-ethyl adjacent to an activating group) is 1. The van der Waals surface area contributed by atoms with E-state index in [1.165, 1.54) is 35.5 Å². The van der Waals surface area contributed by atoms with E-state index in [0.29, 0.717) is 0 Å². The fourth-order valence-corrected chi connectivity index (χ4v) is 6.39. The van der Waals surface area contributed by atoms with Gasteiger partial charge in [-0.15, -0.1) is 13.2 Å². The molecule has 0 aliphatic carbocycles. The number of carbonyl (C=O) groups is 1. The van der Waals surface area contributed by atoms with E-state index in [-0.39, 0.29) is 83.4 Å². The topological polar surface area (TPSA) is 121 Å². The number of anilines is 1. The SMILES string of the molecule is CN1CCC[C@H]1COc1nc(N2CCN(C(=O)/C(F)=C/c3ncccn3)[C@@H](CC#N)C2)c2ccc(-c3cc(Cl)ccc3OC(F)(F)F)c(F)c2n1. The molecule has 2 atom stereocenters. The Balaban J connectivity index is 1.38. The van der Waals surface area contributed by atoms with Crippen LogP contribution in [0.3, 0.4) is 0 Å². The van der Waals surface area contributed by atoms with Crippen LogP contribution in [0.1, 0.15) is 25.1 Å². The molecule has 0 spiro atoms. The van der Waals surface area contributed by atoms with E-state index >= 15 is 8.78 Å². The van der Waals surface area contributed by atoms with Crippen molar-refractivity contribution in [3.05, 3.63) is 71.3 Å². The lowest BCUT2D eigenvalue weighted by molar-refractivity contribution is -0.274. The summed E-state index contributed by atoms with van der Waals surface area (Å²) in [6.45, 7) is 1.14. The largest absolute Gasteiger partial charge is 0.573 e. The summed E-state index contributed by atoms with van der Waals surface area (Å²) < 4.78 is 81.7. The van der Waals surface area contributed by atoms with Crippen molar-refractivity contribution >= 4 is 40.3 Å². The highest BCUT2D eigenvalue weighted by atomic mass is 35.5. The third-order valence-corrected chi connectivity index (χ3v) is 8.95. The Hall–Kier alpha value is -5.14. The average Bonchev–Trinajstić information content (AvgIpc) is 3.52. The van der Waals surface area contributed by atoms with Gasteiger partial charge in [0.25, 0.3) is 5.91 Å². The number of ether oxygens (including phenoxy) is 2. The minimum absolute atomic E-state index is 0.00105. The summed E-state index contributed by atoms with van der Waals surface area (Å²) in [5.41, 5.74) is -0.776. The van der Waals surface area contributed by atoms with Crippen LogP contribution in [0, 0.1) is 17.1 Å². The molecule has 0 saturated carbocycles. The summed E-state index contributed by atoms with van der Waals surface area (Å²) in [4.78, 5) is 35.1. The van der Waals surface area contributed by atoms with Gasteiger partial charge in [-0.2, -0.15) is 15.2 Å². The molecule has 2 aliphatic heterocycles. The number of aromatic nitrogens is 4. The third-order valence-electron chi connectivity index (χ3n) is 8.72. The van der Waals surface area contributed by atoms with Gasteiger partial charge in [0.15, 0.2) is 17.5 Å². The number of nitriles is 1. The van der Waals surface area contributed by atoms with E-state index in [9.17, 15) is 23.2 Å². The molecule has 2 aromatic carbocycles. The second kappa shape index (κ2) is 15.0. The first-order chi connectivity index (χ1) is 24.4. The molecule has 4 heterocycles. The van der Waals surface area contributed by atoms with Gasteiger partial charge in [-0.25, -0.2) is 18.7 Å². The zero-order valence-corrected chi connectivity index (χ0v) is 27.8. The Morgan fingerprint density at radius 2 is 1.88 bits per heavy atom. The number of hydrogen-bond donors (Lipinski definition) is 0. The Labute approximate surface area is 293 Å². The molecule has 0 bridgehead atoms. The number of likely N-dealkylation sites (tertiary alicyclic amines) is 1. The number of piperazine rings is 1. The summed E-state index contributed by atoms with van der Waals surface area (Å²) in [6, 6.07) is 8.71. The zero-order chi connectivity index (χ0) is 36.3. The summed E-state index contributed by atoms with van der Waals surface area (Å²) in [6.07, 6.45) is 0.321. The van der Waals surface area contributed by atoms with E-state index in [1.807, 2.05) is 13.1 Å². The number of fused-ring (bicyclic) bond motifs is 1. The van der Waals surface area contributed by atoms with Crippen molar-refractivity contribution in [2.24, 2.45) is 0 Å². The van der Waals surface area contributed by atoms with Crippen molar-refractivity contribution in [2.75, 3.05) is 44.7 Å². The van der Waals surface area contributed by atoms with Crippen LogP contribution in [-0.2, 0) is 4.79 Å². The van der Waals surface area contributed by atoms with Gasteiger partial charge >= 0.3 is 12.4 Å². The Kier molecular flexibility index (Phi) is 10.5. The van der Waals surface area contributed by atoms with Gasteiger partial charge in [0.1, 0.15) is 23.7 Å². The number of nitrogens with zero attached hydrogens (tertiary/aromatic N) is 8. The quantitative estimate of drug-likeness (QED) is 0.146. The highest BCUT2D eigenvalue weighted by Crippen LogP contribution is 2.40. The molecule has 11 nitrogen and oxygen atoms in total. The van der Waals surface area contributed by atoms with Crippen molar-refractivity contribution in [1.29, 1.82) is 5.26 Å². The van der Waals surface area contributed by atoms with Crippen LogP contribution in [0.2, 0.25) is 5.02 Å². The summed E-state index contributed by atoms with van der Waals surface area (Å²) in [7, 11) is 1.95. The molecule has 0 unspecified atom stereocenters. The fourth-order valence-electron chi connectivity index (χ4n) is 6.22. The minimum Gasteiger partial charge on any atom is -0.462 e. The van der Waals surface area contributed by atoms with Gasteiger partial charge in [0, 0.05) is 65.7 Å². The number of amides is 1. The first kappa shape index (κ1) is 35.7. The molecule has 0 N–H and O–H groups in total. The average molecular weight is 729 g/mol. The third kappa shape index (κ3) is 8.10. The molecule has 4 aromatic rings. The number of benzene rings is 2. The van der Waals surface area contributed by atoms with Crippen molar-refractivity contribution in [2.45, 2.75) is 37.7 Å². The van der Waals surface area contributed by atoms with E-state index < -0.39 is 35.7 Å². The lowest BCUT2D eigenvalue weighted by Gasteiger charge is -2.41. The predicted molar refractivity (Wildman–Crippen MR) is 177 cm³/mol. The number of carbonyl (C=O) groups excluding carboxylic acids is 1. The van der Waals surface area contributed by atoms with Crippen LogP contribution in [0.4, 0.5) is 27.8 Å². The van der Waals surface area contributed by atoms with E-state index in [1.54, 1.807) is 11.0 Å². The van der Waals surface area contributed by atoms with E-state index in [2.05, 4.69) is 29.6 Å². The molecule has 266 valence electrons. The van der Waals surface area contributed by atoms with Gasteiger partial charge < -0.3 is 24.2 Å². The normalized spacial score (nSPS) is 18.6. The van der Waals surface area contributed by atoms with Crippen LogP contribution in [0.25, 0.3) is 28.1 Å². The number of halogens is 6. The van der Waals surface area contributed by atoms with Crippen LogP contribution in [0.5, 0.6) is 11.8 Å². The highest BCUT2D eigenvalue weighted by molar-refractivity contribution is 6.31. The first-order valence-electron chi connectivity index (χ1n) is 15.9. The molecule has 2 fully saturated rings. The standard InChI is InChI=1S/C34H30ClF5N8O3/c1-46-13-2-4-22(46)19-50-33-44-30-24(7-6-23(29(30)37)25-16-20(35)5-8-27(25)51-34(38,39)40)31(45-33)47-14-15-48(21(18-47)9-10-41)32(49)26(36)17-28-42-11-3-12-43-28/h3,5-8,11-12,16-17,21-22H,2,4,9,13-15,18-19H2,1H3/b26-17-/t21-,22-/m0/s1. The molecule has 2 saturated heterocycles. The van der Waals surface area contributed by atoms with Crippen molar-refractivity contribution in [3.8, 4) is 29.0 Å². The Morgan fingerprint density at radius 3 is 2.59 bits per heavy atom. The summed E-state index contributed by atoms with van der Waals surface area (Å²) >= 11 is 6.11. The fraction of sp³-hybridized carbons (Fsp3) is 0.353. The first-order valence-corrected chi connectivity index (χ1v) is 16.3. The molecule has 0 radical (unpaired) electrons. The van der Waals surface area contributed by atoms with Crippen molar-refractivity contribution in [3.63, 3.8) is 0 Å². The molecular weight excluding hydrogens is 699 g/mol. The number of hydrogen-bond acceptors (Lipinski definition) is 10. The van der Waals surface area contributed by atoms with E-state index in [0.717, 1.165) is 37.6 Å². The highest BCUT2D eigenvalue weighted by Gasteiger charge is 2.35. The predicted octanol–water partition coefficient (Wildman–Crippen LogP) is 6.19. The second-order valence-electron chi connectivity index (χ2n) is 12.0. The second-order valence-corrected chi connectivity index (χ2v) is 12.4. The molecule has 1 amide bonds. The minimum atomic E-state index is -5.06. The summed E-state index contributed by atoms with van der Waals surface area (Å²) in [5.74, 6) is -3.51. The molecule has 2 aliphatic rings. The maximum Gasteiger partial charge on any atom is 0.573 e. The molecule has 6 rings (SSSR count).